The molecule has 202 valence electrons. The number of hydrogen-bond donors (Lipinski definition) is 2. The molecular formula is C29H28N8O3. The van der Waals surface area contributed by atoms with Gasteiger partial charge in [0.05, 0.1) is 6.33 Å². The number of rotatable bonds is 11. The zero-order valence-corrected chi connectivity index (χ0v) is 21.7. The van der Waals surface area contributed by atoms with E-state index in [-0.39, 0.29) is 17.6 Å². The van der Waals surface area contributed by atoms with Gasteiger partial charge in [0.25, 0.3) is 11.8 Å². The fourth-order valence-corrected chi connectivity index (χ4v) is 4.27. The van der Waals surface area contributed by atoms with Crippen LogP contribution in [-0.2, 0) is 13.1 Å². The molecule has 0 aliphatic rings. The molecule has 0 unspecified atom stereocenters. The molecule has 5 aromatic rings. The number of unbranched alkanes of at least 4 members (excludes halogenated alkanes) is 3. The fraction of sp³-hybridized carbons (Fsp3) is 0.207. The first kappa shape index (κ1) is 26.4. The summed E-state index contributed by atoms with van der Waals surface area (Å²) in [7, 11) is 0. The van der Waals surface area contributed by atoms with Crippen molar-refractivity contribution in [2.24, 2.45) is 0 Å². The highest BCUT2D eigenvalue weighted by Gasteiger charge is 2.13. The van der Waals surface area contributed by atoms with E-state index in [1.807, 2.05) is 16.7 Å². The number of hydrogen-bond acceptors (Lipinski definition) is 7. The van der Waals surface area contributed by atoms with E-state index >= 15 is 0 Å². The number of nitrogens with zero attached hydrogens (tertiary/aromatic N) is 6. The van der Waals surface area contributed by atoms with Crippen LogP contribution in [0.4, 0.5) is 11.6 Å². The van der Waals surface area contributed by atoms with E-state index in [1.165, 1.54) is 6.33 Å². The number of imidazole rings is 1. The Bertz CT molecular complexity index is 1670. The van der Waals surface area contributed by atoms with Crippen LogP contribution < -0.4 is 16.3 Å². The third-order valence-electron chi connectivity index (χ3n) is 6.37. The van der Waals surface area contributed by atoms with Crippen LogP contribution in [0.25, 0.3) is 11.2 Å². The molecular weight excluding hydrogens is 508 g/mol. The molecule has 0 radical (unpaired) electrons. The predicted octanol–water partition coefficient (Wildman–Crippen LogP) is 4.15. The van der Waals surface area contributed by atoms with Crippen molar-refractivity contribution in [2.45, 2.75) is 38.8 Å². The van der Waals surface area contributed by atoms with Crippen LogP contribution in [0, 0.1) is 0 Å². The fourth-order valence-electron chi connectivity index (χ4n) is 4.27. The third kappa shape index (κ3) is 6.44. The summed E-state index contributed by atoms with van der Waals surface area (Å²) >= 11 is 0. The summed E-state index contributed by atoms with van der Waals surface area (Å²) in [5.74, 6) is 0.0446. The van der Waals surface area contributed by atoms with Crippen LogP contribution in [0.15, 0.2) is 90.4 Å². The van der Waals surface area contributed by atoms with E-state index in [2.05, 4.69) is 30.6 Å². The maximum absolute atomic E-state index is 12.5. The summed E-state index contributed by atoms with van der Waals surface area (Å²) in [6.07, 6.45) is 8.39. The molecule has 3 heterocycles. The van der Waals surface area contributed by atoms with Crippen LogP contribution >= 0.6 is 0 Å². The minimum Gasteiger partial charge on any atom is -0.315 e. The van der Waals surface area contributed by atoms with Crippen LogP contribution in [-0.4, -0.2) is 40.9 Å². The maximum Gasteiger partial charge on any atom is 0.349 e. The Kier molecular flexibility index (Phi) is 8.30. The van der Waals surface area contributed by atoms with Gasteiger partial charge in [0, 0.05) is 30.4 Å². The van der Waals surface area contributed by atoms with Crippen LogP contribution in [0.5, 0.6) is 0 Å². The van der Waals surface area contributed by atoms with Gasteiger partial charge in [0.2, 0.25) is 0 Å². The number of amides is 2. The Hall–Kier alpha value is -5.19. The van der Waals surface area contributed by atoms with E-state index in [0.29, 0.717) is 34.7 Å². The van der Waals surface area contributed by atoms with Crippen molar-refractivity contribution in [3.05, 3.63) is 107 Å². The summed E-state index contributed by atoms with van der Waals surface area (Å²) < 4.78 is 3.50. The summed E-state index contributed by atoms with van der Waals surface area (Å²) in [6.45, 7) is 1.27. The minimum atomic E-state index is -0.398. The highest BCUT2D eigenvalue weighted by molar-refractivity contribution is 6.06. The normalized spacial score (nSPS) is 10.9. The highest BCUT2D eigenvalue weighted by Crippen LogP contribution is 2.19. The van der Waals surface area contributed by atoms with Gasteiger partial charge in [-0.15, -0.1) is 0 Å². The smallest absolute Gasteiger partial charge is 0.315 e. The second-order valence-corrected chi connectivity index (χ2v) is 9.18. The molecule has 0 saturated heterocycles. The first-order valence-corrected chi connectivity index (χ1v) is 13.0. The van der Waals surface area contributed by atoms with Gasteiger partial charge in [-0.25, -0.2) is 19.7 Å². The molecule has 0 saturated carbocycles. The van der Waals surface area contributed by atoms with Crippen molar-refractivity contribution in [3.8, 4) is 0 Å². The molecule has 2 amide bonds. The van der Waals surface area contributed by atoms with Crippen molar-refractivity contribution in [1.29, 1.82) is 0 Å². The van der Waals surface area contributed by atoms with Gasteiger partial charge in [-0.05, 0) is 43.2 Å². The van der Waals surface area contributed by atoms with Crippen LogP contribution in [0.3, 0.4) is 0 Å². The van der Waals surface area contributed by atoms with E-state index < -0.39 is 5.69 Å². The van der Waals surface area contributed by atoms with Gasteiger partial charge in [-0.3, -0.25) is 14.2 Å². The summed E-state index contributed by atoms with van der Waals surface area (Å²) in [5.41, 5.74) is 1.85. The number of benzene rings is 2. The lowest BCUT2D eigenvalue weighted by molar-refractivity contribution is 0.101. The highest BCUT2D eigenvalue weighted by atomic mass is 16.2. The molecule has 0 spiro atoms. The monoisotopic (exact) mass is 536 g/mol. The standard InChI is InChI=1S/C29H28N8O3/c38-27(21-11-5-3-6-12-21)33-23-15-18-36(29(40)34-23)16-9-1-2-10-17-37-20-32-24-25(30-19-31-26(24)37)35-28(39)22-13-7-4-8-14-22/h3-8,11-15,18-20H,1-2,9-10,16-17H2,(H,30,31,35,39)(H,33,34,38,40). The topological polar surface area (TPSA) is 137 Å². The Morgan fingerprint density at radius 3 is 1.98 bits per heavy atom. The van der Waals surface area contributed by atoms with Crippen molar-refractivity contribution < 1.29 is 9.59 Å². The van der Waals surface area contributed by atoms with Gasteiger partial charge in [-0.1, -0.05) is 49.2 Å². The van der Waals surface area contributed by atoms with Gasteiger partial charge in [-0.2, -0.15) is 4.98 Å². The number of fused-ring (bicyclic) bond motifs is 1. The predicted molar refractivity (Wildman–Crippen MR) is 151 cm³/mol. The van der Waals surface area contributed by atoms with E-state index in [1.54, 1.807) is 71.7 Å². The molecule has 2 N–H and O–H groups in total. The van der Waals surface area contributed by atoms with E-state index in [4.69, 9.17) is 0 Å². The Labute approximate surface area is 230 Å². The average molecular weight is 537 g/mol. The molecule has 0 fully saturated rings. The van der Waals surface area contributed by atoms with E-state index in [0.717, 1.165) is 32.2 Å². The van der Waals surface area contributed by atoms with E-state index in [9.17, 15) is 14.4 Å². The quantitative estimate of drug-likeness (QED) is 0.242. The molecule has 5 rings (SSSR count). The van der Waals surface area contributed by atoms with Crippen molar-refractivity contribution in [2.75, 3.05) is 10.6 Å². The maximum atomic E-state index is 12.5. The Morgan fingerprint density at radius 2 is 1.32 bits per heavy atom. The molecule has 0 aliphatic carbocycles. The SMILES string of the molecule is O=C(Nc1ccn(CCCCCCn2cnc3c(NC(=O)c4ccccc4)ncnc32)c(=O)n1)c1ccccc1. The lowest BCUT2D eigenvalue weighted by Gasteiger charge is -2.08. The number of aryl methyl sites for hydroxylation is 2. The number of anilines is 2. The number of carbonyl (C=O) groups excluding carboxylic acids is 2. The van der Waals surface area contributed by atoms with Crippen molar-refractivity contribution in [3.63, 3.8) is 0 Å². The molecule has 0 aliphatic heterocycles. The minimum absolute atomic E-state index is 0.231. The molecule has 11 heteroatoms. The van der Waals surface area contributed by atoms with Crippen LogP contribution in [0.1, 0.15) is 46.4 Å². The first-order chi connectivity index (χ1) is 19.6. The summed E-state index contributed by atoms with van der Waals surface area (Å²) in [6, 6.07) is 19.3. The van der Waals surface area contributed by atoms with Gasteiger partial charge in [0.15, 0.2) is 17.0 Å². The number of aromatic nitrogens is 6. The number of nitrogens with one attached hydrogen (secondary N) is 2. The molecule has 40 heavy (non-hydrogen) atoms. The van der Waals surface area contributed by atoms with Gasteiger partial charge < -0.3 is 15.2 Å². The van der Waals surface area contributed by atoms with Crippen molar-refractivity contribution >= 4 is 34.6 Å². The zero-order chi connectivity index (χ0) is 27.7. The molecule has 0 atom stereocenters. The first-order valence-electron chi connectivity index (χ1n) is 13.0. The largest absolute Gasteiger partial charge is 0.349 e. The molecule has 3 aromatic heterocycles. The average Bonchev–Trinajstić information content (AvgIpc) is 3.40. The summed E-state index contributed by atoms with van der Waals surface area (Å²) in [5, 5.41) is 5.48. The Morgan fingerprint density at radius 1 is 0.700 bits per heavy atom. The lowest BCUT2D eigenvalue weighted by Crippen LogP contribution is -2.24. The molecule has 0 bridgehead atoms. The lowest BCUT2D eigenvalue weighted by atomic mass is 10.2. The number of carbonyl (C=O) groups is 2. The second-order valence-electron chi connectivity index (χ2n) is 9.18. The van der Waals surface area contributed by atoms with Crippen molar-refractivity contribution in [1.82, 2.24) is 29.1 Å². The van der Waals surface area contributed by atoms with Gasteiger partial charge in [0.1, 0.15) is 12.1 Å². The van der Waals surface area contributed by atoms with Gasteiger partial charge >= 0.3 is 5.69 Å². The molecule has 11 nitrogen and oxygen atoms in total. The Balaban J connectivity index is 1.08. The zero-order valence-electron chi connectivity index (χ0n) is 21.7. The van der Waals surface area contributed by atoms with Crippen LogP contribution in [0.2, 0.25) is 0 Å². The second kappa shape index (κ2) is 12.6. The third-order valence-corrected chi connectivity index (χ3v) is 6.37. The summed E-state index contributed by atoms with van der Waals surface area (Å²) in [4.78, 5) is 54.1. The molecule has 2 aromatic carbocycles.